The van der Waals surface area contributed by atoms with E-state index in [1.165, 1.54) is 0 Å². The number of nitrogens with one attached hydrogen (secondary N) is 2. The van der Waals surface area contributed by atoms with Gasteiger partial charge in [0.15, 0.2) is 0 Å². The van der Waals surface area contributed by atoms with Gasteiger partial charge in [-0.1, -0.05) is 24.3 Å². The number of hydrogen-bond donors (Lipinski definition) is 2. The number of carbonyl (C=O) groups is 2. The second-order valence-electron chi connectivity index (χ2n) is 6.72. The standard InChI is InChI=1S/C23H24N2O4/c1-16-8-9-17(12-21(16)28-2)13-22(26)24-14-18-5-3-6-19(11-18)23(27)25-15-20-7-4-10-29-20/h3-12H,13-15H2,1-2H3,(H,24,26)(H,25,27). The van der Waals surface area contributed by atoms with Crippen molar-refractivity contribution in [2.24, 2.45) is 0 Å². The minimum Gasteiger partial charge on any atom is -0.496 e. The highest BCUT2D eigenvalue weighted by Gasteiger charge is 2.09. The SMILES string of the molecule is COc1cc(CC(=O)NCc2cccc(C(=O)NCc3ccco3)c2)ccc1C. The average Bonchev–Trinajstić information content (AvgIpc) is 3.26. The Morgan fingerprint density at radius 2 is 1.83 bits per heavy atom. The molecule has 0 unspecified atom stereocenters. The summed E-state index contributed by atoms with van der Waals surface area (Å²) in [6, 6.07) is 16.5. The second-order valence-corrected chi connectivity index (χ2v) is 6.72. The number of aryl methyl sites for hydroxylation is 1. The predicted molar refractivity (Wildman–Crippen MR) is 110 cm³/mol. The minimum atomic E-state index is -0.193. The van der Waals surface area contributed by atoms with E-state index in [2.05, 4.69) is 10.6 Å². The van der Waals surface area contributed by atoms with E-state index >= 15 is 0 Å². The molecule has 0 saturated heterocycles. The highest BCUT2D eigenvalue weighted by molar-refractivity contribution is 5.94. The fourth-order valence-electron chi connectivity index (χ4n) is 2.93. The molecular formula is C23H24N2O4. The summed E-state index contributed by atoms with van der Waals surface area (Å²) in [5, 5.41) is 5.70. The van der Waals surface area contributed by atoms with Gasteiger partial charge in [0, 0.05) is 12.1 Å². The van der Waals surface area contributed by atoms with Gasteiger partial charge in [-0.25, -0.2) is 0 Å². The highest BCUT2D eigenvalue weighted by atomic mass is 16.5. The molecular weight excluding hydrogens is 368 g/mol. The Hall–Kier alpha value is -3.54. The first-order valence-electron chi connectivity index (χ1n) is 9.35. The molecule has 1 heterocycles. The summed E-state index contributed by atoms with van der Waals surface area (Å²) in [5.74, 6) is 1.17. The number of benzene rings is 2. The van der Waals surface area contributed by atoms with E-state index in [9.17, 15) is 9.59 Å². The van der Waals surface area contributed by atoms with Crippen LogP contribution in [0.1, 0.15) is 32.8 Å². The van der Waals surface area contributed by atoms with E-state index in [-0.39, 0.29) is 18.2 Å². The van der Waals surface area contributed by atoms with Crippen LogP contribution in [0.25, 0.3) is 0 Å². The van der Waals surface area contributed by atoms with Crippen molar-refractivity contribution in [2.45, 2.75) is 26.4 Å². The molecule has 2 N–H and O–H groups in total. The Morgan fingerprint density at radius 1 is 0.966 bits per heavy atom. The van der Waals surface area contributed by atoms with E-state index in [1.54, 1.807) is 43.7 Å². The normalized spacial score (nSPS) is 10.4. The van der Waals surface area contributed by atoms with Crippen LogP contribution in [-0.4, -0.2) is 18.9 Å². The Labute approximate surface area is 169 Å². The van der Waals surface area contributed by atoms with Crippen molar-refractivity contribution < 1.29 is 18.7 Å². The van der Waals surface area contributed by atoms with Crippen LogP contribution < -0.4 is 15.4 Å². The largest absolute Gasteiger partial charge is 0.496 e. The van der Waals surface area contributed by atoms with Gasteiger partial charge in [0.2, 0.25) is 5.91 Å². The molecule has 0 fully saturated rings. The molecule has 0 aliphatic heterocycles. The maximum absolute atomic E-state index is 12.3. The van der Waals surface area contributed by atoms with Gasteiger partial charge >= 0.3 is 0 Å². The fraction of sp³-hybridized carbons (Fsp3) is 0.217. The third kappa shape index (κ3) is 5.72. The van der Waals surface area contributed by atoms with Gasteiger partial charge in [0.1, 0.15) is 11.5 Å². The Bertz CT molecular complexity index is 980. The molecule has 29 heavy (non-hydrogen) atoms. The molecule has 2 amide bonds. The minimum absolute atomic E-state index is 0.0939. The first kappa shape index (κ1) is 20.2. The molecule has 0 spiro atoms. The summed E-state index contributed by atoms with van der Waals surface area (Å²) in [7, 11) is 1.62. The van der Waals surface area contributed by atoms with Crippen molar-refractivity contribution in [1.29, 1.82) is 0 Å². The zero-order valence-corrected chi connectivity index (χ0v) is 16.5. The average molecular weight is 392 g/mol. The molecule has 150 valence electrons. The summed E-state index contributed by atoms with van der Waals surface area (Å²) < 4.78 is 10.5. The van der Waals surface area contributed by atoms with Crippen molar-refractivity contribution in [2.75, 3.05) is 7.11 Å². The zero-order chi connectivity index (χ0) is 20.6. The van der Waals surface area contributed by atoms with Gasteiger partial charge in [-0.05, 0) is 53.9 Å². The van der Waals surface area contributed by atoms with Crippen LogP contribution in [0.5, 0.6) is 5.75 Å². The third-order valence-electron chi connectivity index (χ3n) is 4.52. The Kier molecular flexibility index (Phi) is 6.68. The molecule has 0 radical (unpaired) electrons. The molecule has 0 aliphatic rings. The number of methoxy groups -OCH3 is 1. The quantitative estimate of drug-likeness (QED) is 0.616. The molecule has 0 atom stereocenters. The summed E-state index contributed by atoms with van der Waals surface area (Å²) >= 11 is 0. The van der Waals surface area contributed by atoms with Crippen molar-refractivity contribution in [3.63, 3.8) is 0 Å². The lowest BCUT2D eigenvalue weighted by Crippen LogP contribution is -2.25. The Morgan fingerprint density at radius 3 is 2.59 bits per heavy atom. The molecule has 1 aromatic heterocycles. The molecule has 2 aromatic carbocycles. The van der Waals surface area contributed by atoms with Gasteiger partial charge < -0.3 is 19.8 Å². The van der Waals surface area contributed by atoms with Crippen molar-refractivity contribution in [1.82, 2.24) is 10.6 Å². The number of amides is 2. The van der Waals surface area contributed by atoms with Crippen LogP contribution >= 0.6 is 0 Å². The van der Waals surface area contributed by atoms with Crippen molar-refractivity contribution in [3.05, 3.63) is 88.9 Å². The van der Waals surface area contributed by atoms with Crippen molar-refractivity contribution >= 4 is 11.8 Å². The number of furan rings is 1. The number of carbonyl (C=O) groups excluding carboxylic acids is 2. The molecule has 3 aromatic rings. The van der Waals surface area contributed by atoms with E-state index in [0.29, 0.717) is 24.4 Å². The van der Waals surface area contributed by atoms with Crippen LogP contribution in [0.3, 0.4) is 0 Å². The maximum atomic E-state index is 12.3. The van der Waals surface area contributed by atoms with Gasteiger partial charge in [0.05, 0.1) is 26.3 Å². The topological polar surface area (TPSA) is 80.6 Å². The summed E-state index contributed by atoms with van der Waals surface area (Å²) in [6.07, 6.45) is 1.83. The lowest BCUT2D eigenvalue weighted by atomic mass is 10.1. The van der Waals surface area contributed by atoms with Crippen LogP contribution in [0.15, 0.2) is 65.3 Å². The predicted octanol–water partition coefficient (Wildman–Crippen LogP) is 3.39. The van der Waals surface area contributed by atoms with Crippen LogP contribution in [0.2, 0.25) is 0 Å². The van der Waals surface area contributed by atoms with Crippen LogP contribution in [0.4, 0.5) is 0 Å². The fourth-order valence-corrected chi connectivity index (χ4v) is 2.93. The summed E-state index contributed by atoms with van der Waals surface area (Å²) in [5.41, 5.74) is 3.30. The van der Waals surface area contributed by atoms with Gasteiger partial charge in [-0.3, -0.25) is 9.59 Å². The third-order valence-corrected chi connectivity index (χ3v) is 4.52. The molecule has 6 nitrogen and oxygen atoms in total. The van der Waals surface area contributed by atoms with E-state index in [0.717, 1.165) is 22.4 Å². The van der Waals surface area contributed by atoms with E-state index < -0.39 is 0 Å². The lowest BCUT2D eigenvalue weighted by molar-refractivity contribution is -0.120. The lowest BCUT2D eigenvalue weighted by Gasteiger charge is -2.09. The highest BCUT2D eigenvalue weighted by Crippen LogP contribution is 2.19. The first-order chi connectivity index (χ1) is 14.0. The first-order valence-corrected chi connectivity index (χ1v) is 9.35. The van der Waals surface area contributed by atoms with E-state index in [4.69, 9.17) is 9.15 Å². The van der Waals surface area contributed by atoms with Gasteiger partial charge in [-0.15, -0.1) is 0 Å². The summed E-state index contributed by atoms with van der Waals surface area (Å²) in [6.45, 7) is 2.63. The number of hydrogen-bond acceptors (Lipinski definition) is 4. The van der Waals surface area contributed by atoms with Gasteiger partial charge in [0.25, 0.3) is 5.91 Å². The van der Waals surface area contributed by atoms with E-state index in [1.807, 2.05) is 31.2 Å². The number of rotatable bonds is 8. The molecule has 0 bridgehead atoms. The second kappa shape index (κ2) is 9.59. The number of ether oxygens (including phenoxy) is 1. The molecule has 6 heteroatoms. The maximum Gasteiger partial charge on any atom is 0.251 e. The summed E-state index contributed by atoms with van der Waals surface area (Å²) in [4.78, 5) is 24.6. The smallest absolute Gasteiger partial charge is 0.251 e. The van der Waals surface area contributed by atoms with Crippen LogP contribution in [-0.2, 0) is 24.3 Å². The molecule has 0 aliphatic carbocycles. The van der Waals surface area contributed by atoms with Crippen molar-refractivity contribution in [3.8, 4) is 5.75 Å². The zero-order valence-electron chi connectivity index (χ0n) is 16.5. The monoisotopic (exact) mass is 392 g/mol. The molecule has 0 saturated carbocycles. The molecule has 3 rings (SSSR count). The van der Waals surface area contributed by atoms with Crippen LogP contribution in [0, 0.1) is 6.92 Å². The van der Waals surface area contributed by atoms with Gasteiger partial charge in [-0.2, -0.15) is 0 Å². The Balaban J connectivity index is 1.53.